The van der Waals surface area contributed by atoms with Crippen molar-refractivity contribution in [3.63, 3.8) is 0 Å². The van der Waals surface area contributed by atoms with Crippen molar-refractivity contribution in [2.75, 3.05) is 13.7 Å². The third-order valence-corrected chi connectivity index (χ3v) is 7.41. The second-order valence-electron chi connectivity index (χ2n) is 10.3. The molecule has 0 spiro atoms. The van der Waals surface area contributed by atoms with Crippen LogP contribution in [-0.4, -0.2) is 116 Å². The first kappa shape index (κ1) is 30.9. The Balaban J connectivity index is 1.61. The molecule has 43 heavy (non-hydrogen) atoms. The molecule has 2 aliphatic rings. The topological polar surface area (TPSA) is 238 Å². The van der Waals surface area contributed by atoms with Gasteiger partial charge in [-0.25, -0.2) is 0 Å². The second-order valence-corrected chi connectivity index (χ2v) is 10.3. The Morgan fingerprint density at radius 2 is 1.63 bits per heavy atom. The fourth-order valence-electron chi connectivity index (χ4n) is 5.01. The molecule has 0 aliphatic carbocycles. The van der Waals surface area contributed by atoms with E-state index in [-0.39, 0.29) is 33.8 Å². The highest BCUT2D eigenvalue weighted by Crippen LogP contribution is 2.38. The highest BCUT2D eigenvalue weighted by atomic mass is 16.8. The van der Waals surface area contributed by atoms with Gasteiger partial charge in [0.15, 0.2) is 18.2 Å². The van der Waals surface area contributed by atoms with Gasteiger partial charge in [0.1, 0.15) is 64.8 Å². The maximum Gasteiger partial charge on any atom is 0.239 e. The molecule has 1 aromatic heterocycles. The summed E-state index contributed by atoms with van der Waals surface area (Å²) in [6.45, 7) is 0.611. The molecule has 2 fully saturated rings. The number of rotatable bonds is 7. The number of hydrogen-bond donors (Lipinski definition) is 8. The number of ether oxygens (including phenoxy) is 5. The van der Waals surface area contributed by atoms with E-state index < -0.39 is 84.9 Å². The predicted molar refractivity (Wildman–Crippen MR) is 143 cm³/mol. The number of phenolic OH excluding ortho intramolecular Hbond substituents is 2. The molecular weight excluding hydrogens is 576 g/mol. The fourth-order valence-corrected chi connectivity index (χ4v) is 5.01. The maximum absolute atomic E-state index is 13.8. The third-order valence-electron chi connectivity index (χ3n) is 7.41. The van der Waals surface area contributed by atoms with Gasteiger partial charge in [0.2, 0.25) is 17.5 Å². The smallest absolute Gasteiger partial charge is 0.239 e. The van der Waals surface area contributed by atoms with E-state index in [0.717, 1.165) is 0 Å². The Morgan fingerprint density at radius 1 is 0.884 bits per heavy atom. The summed E-state index contributed by atoms with van der Waals surface area (Å²) >= 11 is 0. The van der Waals surface area contributed by atoms with Crippen LogP contribution in [0.3, 0.4) is 0 Å². The lowest BCUT2D eigenvalue weighted by atomic mass is 9.97. The van der Waals surface area contributed by atoms with Gasteiger partial charge in [-0.2, -0.15) is 0 Å². The summed E-state index contributed by atoms with van der Waals surface area (Å²) in [7, 11) is 1.34. The average molecular weight is 609 g/mol. The normalized spacial score (nSPS) is 32.9. The minimum Gasteiger partial charge on any atom is -0.508 e. The molecule has 3 heterocycles. The predicted octanol–water partition coefficient (Wildman–Crippen LogP) is -1.09. The number of benzene rings is 2. The van der Waals surface area contributed by atoms with Crippen LogP contribution in [0.2, 0.25) is 0 Å². The summed E-state index contributed by atoms with van der Waals surface area (Å²) in [5, 5.41) is 82.5. The van der Waals surface area contributed by atoms with Crippen molar-refractivity contribution < 1.29 is 69.0 Å². The van der Waals surface area contributed by atoms with Crippen molar-refractivity contribution >= 4 is 11.0 Å². The van der Waals surface area contributed by atoms with E-state index >= 15 is 0 Å². The Kier molecular flexibility index (Phi) is 8.80. The first-order chi connectivity index (χ1) is 20.4. The maximum atomic E-state index is 13.8. The minimum atomic E-state index is -1.86. The van der Waals surface area contributed by atoms with Gasteiger partial charge in [-0.15, -0.1) is 0 Å². The Hall–Kier alpha value is -3.51. The molecule has 234 valence electrons. The van der Waals surface area contributed by atoms with E-state index in [2.05, 4.69) is 0 Å². The van der Waals surface area contributed by atoms with Crippen molar-refractivity contribution in [1.29, 1.82) is 0 Å². The number of hydrogen-bond acceptors (Lipinski definition) is 15. The highest BCUT2D eigenvalue weighted by Gasteiger charge is 2.51. The Labute approximate surface area is 243 Å². The van der Waals surface area contributed by atoms with Crippen LogP contribution < -0.4 is 14.9 Å². The first-order valence-electron chi connectivity index (χ1n) is 13.3. The molecule has 5 rings (SSSR count). The standard InChI is InChI=1S/C28H32O15/c1-10-18(32)21(35)23(37)27(39-10)43-26-22(36)19(33)16(9-29)41-28(26)42-25-20(34)17-14(31)7-13(38-2)8-15(17)40-24(25)11-4-3-5-12(30)6-11/h3-8,10,16,18-19,21-23,26-33,35-37H,9H2,1-2H3/t10-,16-,18+,19-,21-,22+,23+,26-,27+,28+/m1/s1. The second kappa shape index (κ2) is 12.2. The molecule has 2 aromatic carbocycles. The monoisotopic (exact) mass is 608 g/mol. The Bertz CT molecular complexity index is 1510. The van der Waals surface area contributed by atoms with Crippen molar-refractivity contribution in [3.8, 4) is 34.3 Å². The van der Waals surface area contributed by atoms with E-state index in [4.69, 9.17) is 28.1 Å². The summed E-state index contributed by atoms with van der Waals surface area (Å²) in [6.07, 6.45) is -16.2. The molecule has 0 amide bonds. The molecule has 2 saturated heterocycles. The number of aliphatic hydroxyl groups excluding tert-OH is 6. The van der Waals surface area contributed by atoms with Crippen molar-refractivity contribution in [1.82, 2.24) is 0 Å². The number of aliphatic hydroxyl groups is 6. The van der Waals surface area contributed by atoms with Crippen LogP contribution in [-0.2, 0) is 14.2 Å². The van der Waals surface area contributed by atoms with Crippen molar-refractivity contribution in [3.05, 3.63) is 46.6 Å². The molecule has 0 saturated carbocycles. The molecule has 0 radical (unpaired) electrons. The van der Waals surface area contributed by atoms with Crippen LogP contribution in [0.15, 0.2) is 45.6 Å². The zero-order valence-electron chi connectivity index (χ0n) is 22.9. The number of phenols is 2. The number of fused-ring (bicyclic) bond motifs is 1. The lowest BCUT2D eigenvalue weighted by molar-refractivity contribution is -0.354. The van der Waals surface area contributed by atoms with Gasteiger partial charge >= 0.3 is 0 Å². The van der Waals surface area contributed by atoms with E-state index in [1.54, 1.807) is 0 Å². The summed E-state index contributed by atoms with van der Waals surface area (Å²) in [6, 6.07) is 8.11. The molecule has 2 aliphatic heterocycles. The lowest BCUT2D eigenvalue weighted by Crippen LogP contribution is -2.64. The van der Waals surface area contributed by atoms with Crippen LogP contribution in [0, 0.1) is 0 Å². The molecule has 8 N–H and O–H groups in total. The van der Waals surface area contributed by atoms with Crippen molar-refractivity contribution in [2.24, 2.45) is 0 Å². The Morgan fingerprint density at radius 3 is 2.30 bits per heavy atom. The van der Waals surface area contributed by atoms with Gasteiger partial charge in [-0.1, -0.05) is 12.1 Å². The molecule has 15 nitrogen and oxygen atoms in total. The summed E-state index contributed by atoms with van der Waals surface area (Å²) in [5.41, 5.74) is -0.862. The van der Waals surface area contributed by atoms with Crippen LogP contribution >= 0.6 is 0 Å². The van der Waals surface area contributed by atoms with Gasteiger partial charge in [0, 0.05) is 17.7 Å². The van der Waals surface area contributed by atoms with Crippen molar-refractivity contribution in [2.45, 2.75) is 68.3 Å². The SMILES string of the molecule is COc1cc(O)c2c(=O)c(O[C@@H]3O[C@H](CO)[C@@H](O)[C@H](O)[C@H]3O[C@@H]3O[C@H](C)[C@H](O)[C@@H](O)[C@@H]3O)c(-c3cccc(O)c3)oc2c1. The van der Waals surface area contributed by atoms with Crippen LogP contribution in [0.5, 0.6) is 23.0 Å². The van der Waals surface area contributed by atoms with Gasteiger partial charge in [0.05, 0.1) is 19.8 Å². The first-order valence-corrected chi connectivity index (χ1v) is 13.3. The number of methoxy groups -OCH3 is 1. The van der Waals surface area contributed by atoms with Crippen LogP contribution in [0.1, 0.15) is 6.92 Å². The molecule has 3 aromatic rings. The van der Waals surface area contributed by atoms with Gasteiger partial charge < -0.3 is 69.0 Å². The van der Waals surface area contributed by atoms with Crippen LogP contribution in [0.25, 0.3) is 22.3 Å². The molecule has 15 heteroatoms. The molecular formula is C28H32O15. The van der Waals surface area contributed by atoms with E-state index in [0.29, 0.717) is 0 Å². The lowest BCUT2D eigenvalue weighted by Gasteiger charge is -2.45. The van der Waals surface area contributed by atoms with E-state index in [9.17, 15) is 45.6 Å². The van der Waals surface area contributed by atoms with Gasteiger partial charge in [0.25, 0.3) is 0 Å². The summed E-state index contributed by atoms with van der Waals surface area (Å²) in [4.78, 5) is 13.8. The number of aromatic hydroxyl groups is 2. The molecule has 0 bridgehead atoms. The average Bonchev–Trinajstić information content (AvgIpc) is 2.98. The van der Waals surface area contributed by atoms with Gasteiger partial charge in [-0.05, 0) is 19.1 Å². The fraction of sp³-hybridized carbons (Fsp3) is 0.464. The third kappa shape index (κ3) is 5.74. The van der Waals surface area contributed by atoms with Gasteiger partial charge in [-0.3, -0.25) is 4.79 Å². The van der Waals surface area contributed by atoms with Crippen LogP contribution in [0.4, 0.5) is 0 Å². The summed E-state index contributed by atoms with van der Waals surface area (Å²) < 4.78 is 33.9. The largest absolute Gasteiger partial charge is 0.508 e. The zero-order valence-corrected chi connectivity index (χ0v) is 22.9. The van der Waals surface area contributed by atoms with E-state index in [1.807, 2.05) is 0 Å². The quantitative estimate of drug-likeness (QED) is 0.159. The minimum absolute atomic E-state index is 0.103. The zero-order chi connectivity index (χ0) is 31.2. The molecule has 0 unspecified atom stereocenters. The molecule has 10 atom stereocenters. The summed E-state index contributed by atoms with van der Waals surface area (Å²) in [5.74, 6) is -1.36. The highest BCUT2D eigenvalue weighted by molar-refractivity contribution is 5.88. The van der Waals surface area contributed by atoms with E-state index in [1.165, 1.54) is 50.4 Å².